The third-order valence-corrected chi connectivity index (χ3v) is 7.23. The normalized spacial score (nSPS) is 25.9. The van der Waals surface area contributed by atoms with Crippen LogP contribution in [-0.4, -0.2) is 51.2 Å². The molecule has 0 bridgehead atoms. The summed E-state index contributed by atoms with van der Waals surface area (Å²) in [4.78, 5) is 38.8. The van der Waals surface area contributed by atoms with Crippen LogP contribution in [0, 0.1) is 31.6 Å². The van der Waals surface area contributed by atoms with Crippen molar-refractivity contribution < 1.29 is 9.59 Å². The smallest absolute Gasteiger partial charge is 0.257 e. The van der Waals surface area contributed by atoms with E-state index in [0.717, 1.165) is 25.9 Å². The summed E-state index contributed by atoms with van der Waals surface area (Å²) >= 11 is 0. The highest BCUT2D eigenvalue weighted by Crippen LogP contribution is 2.47. The fraction of sp³-hybridized carbons (Fsp3) is 0.500. The van der Waals surface area contributed by atoms with Gasteiger partial charge in [0.25, 0.3) is 5.91 Å². The third-order valence-electron chi connectivity index (χ3n) is 7.23. The molecule has 1 aromatic carbocycles. The summed E-state index contributed by atoms with van der Waals surface area (Å²) < 4.78 is 0. The zero-order valence-corrected chi connectivity index (χ0v) is 17.6. The van der Waals surface area contributed by atoms with Crippen molar-refractivity contribution in [3.05, 3.63) is 59.2 Å². The topological polar surface area (TPSA) is 66.4 Å². The molecular formula is C24H28N4O2. The van der Waals surface area contributed by atoms with Gasteiger partial charge < -0.3 is 9.80 Å². The van der Waals surface area contributed by atoms with Gasteiger partial charge >= 0.3 is 0 Å². The van der Waals surface area contributed by atoms with Gasteiger partial charge in [-0.05, 0) is 37.8 Å². The van der Waals surface area contributed by atoms with Crippen LogP contribution in [0.4, 0.5) is 0 Å². The summed E-state index contributed by atoms with van der Waals surface area (Å²) in [6, 6.07) is 8.28. The molecule has 2 amide bonds. The number of nitrogens with zero attached hydrogens (tertiary/aromatic N) is 4. The maximum absolute atomic E-state index is 13.4. The molecule has 1 aromatic heterocycles. The van der Waals surface area contributed by atoms with Crippen molar-refractivity contribution in [1.82, 2.24) is 19.8 Å². The van der Waals surface area contributed by atoms with E-state index in [1.165, 1.54) is 17.5 Å². The third kappa shape index (κ3) is 3.18. The Bertz CT molecular complexity index is 969. The second-order valence-electron chi connectivity index (χ2n) is 9.07. The SMILES string of the molecule is Cc1ncc(C(=O)N2C[C@@H]3CN(C(=O)C4CCC4)C[C@@H]3[C@H]2c2ccccc2C)cn1. The minimum absolute atomic E-state index is 0.0190. The highest BCUT2D eigenvalue weighted by atomic mass is 16.2. The molecule has 0 radical (unpaired) electrons. The van der Waals surface area contributed by atoms with Crippen LogP contribution in [0.2, 0.25) is 0 Å². The van der Waals surface area contributed by atoms with Crippen molar-refractivity contribution in [3.63, 3.8) is 0 Å². The summed E-state index contributed by atoms with van der Waals surface area (Å²) in [5, 5.41) is 0. The molecule has 0 unspecified atom stereocenters. The maximum atomic E-state index is 13.4. The van der Waals surface area contributed by atoms with Crippen LogP contribution in [0.1, 0.15) is 52.6 Å². The fourth-order valence-electron chi connectivity index (χ4n) is 5.33. The van der Waals surface area contributed by atoms with E-state index in [9.17, 15) is 9.59 Å². The number of amides is 2. The molecule has 0 N–H and O–H groups in total. The van der Waals surface area contributed by atoms with Crippen molar-refractivity contribution in [2.24, 2.45) is 17.8 Å². The lowest BCUT2D eigenvalue weighted by Gasteiger charge is -2.33. The molecular weight excluding hydrogens is 376 g/mol. The lowest BCUT2D eigenvalue weighted by atomic mass is 9.84. The summed E-state index contributed by atoms with van der Waals surface area (Å²) in [5.74, 6) is 1.77. The molecule has 3 fully saturated rings. The minimum atomic E-state index is -0.0239. The van der Waals surface area contributed by atoms with Gasteiger partial charge in [0.15, 0.2) is 0 Å². The number of rotatable bonds is 3. The van der Waals surface area contributed by atoms with E-state index in [-0.39, 0.29) is 23.8 Å². The van der Waals surface area contributed by atoms with Crippen molar-refractivity contribution in [1.29, 1.82) is 0 Å². The summed E-state index contributed by atoms with van der Waals surface area (Å²) in [7, 11) is 0. The number of fused-ring (bicyclic) bond motifs is 1. The Morgan fingerprint density at radius 1 is 1.00 bits per heavy atom. The van der Waals surface area contributed by atoms with E-state index in [0.29, 0.717) is 29.8 Å². The second kappa shape index (κ2) is 7.49. The van der Waals surface area contributed by atoms with Crippen molar-refractivity contribution in [3.8, 4) is 0 Å². The maximum Gasteiger partial charge on any atom is 0.257 e. The first-order chi connectivity index (χ1) is 14.5. The van der Waals surface area contributed by atoms with E-state index < -0.39 is 0 Å². The van der Waals surface area contributed by atoms with Gasteiger partial charge in [0.05, 0.1) is 11.6 Å². The first-order valence-corrected chi connectivity index (χ1v) is 11.0. The molecule has 5 rings (SSSR count). The van der Waals surface area contributed by atoms with Crippen molar-refractivity contribution in [2.45, 2.75) is 39.2 Å². The van der Waals surface area contributed by atoms with E-state index in [4.69, 9.17) is 0 Å². The number of aryl methyl sites for hydroxylation is 2. The van der Waals surface area contributed by atoms with Crippen LogP contribution >= 0.6 is 0 Å². The number of likely N-dealkylation sites (tertiary alicyclic amines) is 2. The van der Waals surface area contributed by atoms with E-state index >= 15 is 0 Å². The molecule has 1 aliphatic carbocycles. The molecule has 2 aromatic rings. The van der Waals surface area contributed by atoms with Crippen LogP contribution in [0.3, 0.4) is 0 Å². The number of carbonyl (C=O) groups excluding carboxylic acids is 2. The first kappa shape index (κ1) is 19.2. The average molecular weight is 405 g/mol. The quantitative estimate of drug-likeness (QED) is 0.788. The summed E-state index contributed by atoms with van der Waals surface area (Å²) in [6.07, 6.45) is 6.48. The van der Waals surface area contributed by atoms with Crippen LogP contribution in [-0.2, 0) is 4.79 Å². The predicted octanol–water partition coefficient (Wildman–Crippen LogP) is 3.17. The molecule has 2 saturated heterocycles. The van der Waals surface area contributed by atoms with Gasteiger partial charge in [-0.25, -0.2) is 9.97 Å². The Hall–Kier alpha value is -2.76. The average Bonchev–Trinajstić information content (AvgIpc) is 3.25. The standard InChI is InChI=1S/C24H28N4O2/c1-15-6-3-4-9-20(15)22-21-14-27(23(29)17-7-5-8-17)12-19(21)13-28(22)24(30)18-10-25-16(2)26-11-18/h3-4,6,9-11,17,19,21-22H,5,7-8,12-14H2,1-2H3/t19-,21-,22+/m0/s1. The lowest BCUT2D eigenvalue weighted by molar-refractivity contribution is -0.137. The first-order valence-electron chi connectivity index (χ1n) is 11.0. The Morgan fingerprint density at radius 2 is 1.73 bits per heavy atom. The number of hydrogen-bond donors (Lipinski definition) is 0. The highest BCUT2D eigenvalue weighted by Gasteiger charge is 2.51. The zero-order chi connectivity index (χ0) is 20.8. The molecule has 6 heteroatoms. The van der Waals surface area contributed by atoms with E-state index in [1.54, 1.807) is 12.4 Å². The fourth-order valence-corrected chi connectivity index (χ4v) is 5.33. The number of benzene rings is 1. The van der Waals surface area contributed by atoms with Gasteiger partial charge in [0.2, 0.25) is 5.91 Å². The van der Waals surface area contributed by atoms with Gasteiger partial charge in [-0.1, -0.05) is 30.7 Å². The van der Waals surface area contributed by atoms with Gasteiger partial charge in [0, 0.05) is 49.8 Å². The van der Waals surface area contributed by atoms with Gasteiger partial charge in [-0.3, -0.25) is 9.59 Å². The van der Waals surface area contributed by atoms with E-state index in [1.807, 2.05) is 24.0 Å². The summed E-state index contributed by atoms with van der Waals surface area (Å²) in [6.45, 7) is 6.10. The van der Waals surface area contributed by atoms with Crippen molar-refractivity contribution in [2.75, 3.05) is 19.6 Å². The van der Waals surface area contributed by atoms with Crippen LogP contribution in [0.15, 0.2) is 36.7 Å². The Kier molecular flexibility index (Phi) is 4.80. The molecule has 30 heavy (non-hydrogen) atoms. The van der Waals surface area contributed by atoms with Crippen molar-refractivity contribution >= 4 is 11.8 Å². The minimum Gasteiger partial charge on any atom is -0.342 e. The molecule has 2 aliphatic heterocycles. The Morgan fingerprint density at radius 3 is 2.40 bits per heavy atom. The second-order valence-corrected chi connectivity index (χ2v) is 9.07. The van der Waals surface area contributed by atoms with Gasteiger partial charge in [0.1, 0.15) is 5.82 Å². The molecule has 6 nitrogen and oxygen atoms in total. The molecule has 156 valence electrons. The Balaban J connectivity index is 1.45. The molecule has 3 heterocycles. The zero-order valence-electron chi connectivity index (χ0n) is 17.6. The monoisotopic (exact) mass is 404 g/mol. The summed E-state index contributed by atoms with van der Waals surface area (Å²) in [5.41, 5.74) is 2.90. The number of aromatic nitrogens is 2. The Labute approximate surface area is 177 Å². The molecule has 0 spiro atoms. The number of hydrogen-bond acceptors (Lipinski definition) is 4. The van der Waals surface area contributed by atoms with Crippen LogP contribution in [0.5, 0.6) is 0 Å². The van der Waals surface area contributed by atoms with Crippen LogP contribution in [0.25, 0.3) is 0 Å². The highest BCUT2D eigenvalue weighted by molar-refractivity contribution is 5.94. The molecule has 3 atom stereocenters. The largest absolute Gasteiger partial charge is 0.342 e. The van der Waals surface area contributed by atoms with Gasteiger partial charge in [-0.15, -0.1) is 0 Å². The lowest BCUT2D eigenvalue weighted by Crippen LogP contribution is -2.41. The molecule has 1 saturated carbocycles. The number of carbonyl (C=O) groups is 2. The van der Waals surface area contributed by atoms with E-state index in [2.05, 4.69) is 33.9 Å². The van der Waals surface area contributed by atoms with Gasteiger partial charge in [-0.2, -0.15) is 0 Å². The van der Waals surface area contributed by atoms with Crippen LogP contribution < -0.4 is 0 Å². The molecule has 3 aliphatic rings. The predicted molar refractivity (Wildman–Crippen MR) is 113 cm³/mol.